The molecule has 1 heterocycles. The molecule has 21 heavy (non-hydrogen) atoms. The predicted molar refractivity (Wildman–Crippen MR) is 78.1 cm³/mol. The Balaban J connectivity index is 2.42. The summed E-state index contributed by atoms with van der Waals surface area (Å²) >= 11 is 0. The first-order chi connectivity index (χ1) is 9.73. The Labute approximate surface area is 124 Å². The first kappa shape index (κ1) is 16.4. The molecule has 0 aliphatic carbocycles. The number of benzene rings is 1. The maximum Gasteiger partial charge on any atom is 0.491 e. The molecule has 2 rings (SSSR count). The van der Waals surface area contributed by atoms with Crippen LogP contribution in [0.1, 0.15) is 25.3 Å². The van der Waals surface area contributed by atoms with Crippen molar-refractivity contribution in [1.29, 1.82) is 0 Å². The number of aryl methyl sites for hydroxylation is 1. The highest BCUT2D eigenvalue weighted by Gasteiger charge is 2.31. The first-order valence-electron chi connectivity index (χ1n) is 6.90. The van der Waals surface area contributed by atoms with E-state index in [2.05, 4.69) is 6.92 Å². The average Bonchev–Trinajstić information content (AvgIpc) is 2.38. The molecule has 0 unspecified atom stereocenters. The summed E-state index contributed by atoms with van der Waals surface area (Å²) in [5.41, 5.74) is -0.167. The highest BCUT2D eigenvalue weighted by Crippen LogP contribution is 2.25. The summed E-state index contributed by atoms with van der Waals surface area (Å²) in [6, 6.07) is 2.04. The fourth-order valence-electron chi connectivity index (χ4n) is 2.51. The van der Waals surface area contributed by atoms with Crippen molar-refractivity contribution < 1.29 is 22.9 Å². The van der Waals surface area contributed by atoms with Gasteiger partial charge in [-0.1, -0.05) is 6.92 Å². The van der Waals surface area contributed by atoms with E-state index in [0.29, 0.717) is 19.0 Å². The Hall–Kier alpha value is -0.955. The van der Waals surface area contributed by atoms with Crippen LogP contribution < -0.4 is 5.46 Å². The normalized spacial score (nSPS) is 18.0. The summed E-state index contributed by atoms with van der Waals surface area (Å²) in [7, 11) is -5.79. The quantitative estimate of drug-likeness (QED) is 0.783. The average molecular weight is 315 g/mol. The number of nitrogens with zero attached hydrogens (tertiary/aromatic N) is 1. The molecular weight excluding hydrogens is 296 g/mol. The SMILES string of the molecule is Cc1cc(F)c(B(O)O)cc1S(=O)(=O)N1CCC(C)CC1. The zero-order valence-corrected chi connectivity index (χ0v) is 12.9. The molecule has 0 radical (unpaired) electrons. The van der Waals surface area contributed by atoms with Gasteiger partial charge in [0.2, 0.25) is 10.0 Å². The van der Waals surface area contributed by atoms with E-state index in [1.165, 1.54) is 11.2 Å². The van der Waals surface area contributed by atoms with Crippen molar-refractivity contribution in [2.45, 2.75) is 31.6 Å². The topological polar surface area (TPSA) is 77.8 Å². The maximum atomic E-state index is 13.6. The second kappa shape index (κ2) is 6.04. The second-order valence-electron chi connectivity index (χ2n) is 5.60. The molecule has 1 aromatic carbocycles. The van der Waals surface area contributed by atoms with Gasteiger partial charge in [-0.15, -0.1) is 0 Å². The Kier molecular flexibility index (Phi) is 4.72. The summed E-state index contributed by atoms with van der Waals surface area (Å²) in [5.74, 6) is -0.339. The molecule has 5 nitrogen and oxygen atoms in total. The van der Waals surface area contributed by atoms with Crippen LogP contribution in [0.3, 0.4) is 0 Å². The number of halogens is 1. The maximum absolute atomic E-state index is 13.6. The smallest absolute Gasteiger partial charge is 0.423 e. The van der Waals surface area contributed by atoms with Gasteiger partial charge in [-0.25, -0.2) is 12.8 Å². The third kappa shape index (κ3) is 3.28. The largest absolute Gasteiger partial charge is 0.491 e. The van der Waals surface area contributed by atoms with E-state index in [0.717, 1.165) is 25.0 Å². The molecule has 1 aliphatic heterocycles. The van der Waals surface area contributed by atoms with Crippen LogP contribution >= 0.6 is 0 Å². The van der Waals surface area contributed by atoms with Crippen molar-refractivity contribution in [3.05, 3.63) is 23.5 Å². The molecule has 2 N–H and O–H groups in total. The molecule has 116 valence electrons. The minimum Gasteiger partial charge on any atom is -0.423 e. The van der Waals surface area contributed by atoms with Crippen molar-refractivity contribution in [3.63, 3.8) is 0 Å². The van der Waals surface area contributed by atoms with E-state index in [9.17, 15) is 12.8 Å². The predicted octanol–water partition coefficient (Wildman–Crippen LogP) is 0.235. The molecule has 0 aromatic heterocycles. The van der Waals surface area contributed by atoms with Gasteiger partial charge in [0.15, 0.2) is 0 Å². The Morgan fingerprint density at radius 1 is 1.29 bits per heavy atom. The van der Waals surface area contributed by atoms with Crippen LogP contribution in [0.5, 0.6) is 0 Å². The molecular formula is C13H19BFNO4S. The van der Waals surface area contributed by atoms with Crippen LogP contribution in [0.4, 0.5) is 4.39 Å². The number of hydrogen-bond acceptors (Lipinski definition) is 4. The van der Waals surface area contributed by atoms with Crippen LogP contribution in [0.2, 0.25) is 0 Å². The molecule has 0 bridgehead atoms. The number of sulfonamides is 1. The minimum atomic E-state index is -3.74. The van der Waals surface area contributed by atoms with Gasteiger partial charge in [-0.05, 0) is 43.4 Å². The van der Waals surface area contributed by atoms with Gasteiger partial charge in [0.25, 0.3) is 0 Å². The van der Waals surface area contributed by atoms with E-state index >= 15 is 0 Å². The van der Waals surface area contributed by atoms with E-state index < -0.39 is 28.4 Å². The van der Waals surface area contributed by atoms with Gasteiger partial charge in [-0.2, -0.15) is 4.31 Å². The molecule has 0 saturated carbocycles. The monoisotopic (exact) mass is 315 g/mol. The van der Waals surface area contributed by atoms with E-state index in [1.807, 2.05) is 0 Å². The van der Waals surface area contributed by atoms with Gasteiger partial charge < -0.3 is 10.0 Å². The van der Waals surface area contributed by atoms with Gasteiger partial charge in [0, 0.05) is 18.6 Å². The van der Waals surface area contributed by atoms with Crippen molar-refractivity contribution >= 4 is 22.6 Å². The summed E-state index contributed by atoms with van der Waals surface area (Å²) < 4.78 is 40.3. The van der Waals surface area contributed by atoms with Crippen molar-refractivity contribution in [1.82, 2.24) is 4.31 Å². The standard InChI is InChI=1S/C13H19BFNO4S/c1-9-3-5-16(6-4-9)21(19,20)13-8-11(14(17)18)12(15)7-10(13)2/h7-9,17-18H,3-6H2,1-2H3. The Morgan fingerprint density at radius 2 is 1.86 bits per heavy atom. The summed E-state index contributed by atoms with van der Waals surface area (Å²) in [6.07, 6.45) is 1.57. The third-order valence-electron chi connectivity index (χ3n) is 3.93. The van der Waals surface area contributed by atoms with Crippen LogP contribution in [0, 0.1) is 18.7 Å². The lowest BCUT2D eigenvalue weighted by molar-refractivity contribution is 0.288. The molecule has 1 fully saturated rings. The Morgan fingerprint density at radius 3 is 2.38 bits per heavy atom. The second-order valence-corrected chi connectivity index (χ2v) is 7.51. The fraction of sp³-hybridized carbons (Fsp3) is 0.538. The fourth-order valence-corrected chi connectivity index (χ4v) is 4.22. The molecule has 0 atom stereocenters. The molecule has 0 spiro atoms. The van der Waals surface area contributed by atoms with Gasteiger partial charge in [0.05, 0.1) is 4.90 Å². The summed E-state index contributed by atoms with van der Waals surface area (Å²) in [4.78, 5) is -0.0680. The zero-order valence-electron chi connectivity index (χ0n) is 12.1. The lowest BCUT2D eigenvalue weighted by atomic mass is 9.79. The van der Waals surface area contributed by atoms with E-state index in [4.69, 9.17) is 10.0 Å². The first-order valence-corrected chi connectivity index (χ1v) is 8.34. The number of rotatable bonds is 3. The molecule has 1 aliphatic rings. The van der Waals surface area contributed by atoms with Gasteiger partial charge >= 0.3 is 7.12 Å². The van der Waals surface area contributed by atoms with Crippen molar-refractivity contribution in [2.24, 2.45) is 5.92 Å². The van der Waals surface area contributed by atoms with Crippen LogP contribution in [0.25, 0.3) is 0 Å². The Bertz CT molecular complexity index is 627. The van der Waals surface area contributed by atoms with Crippen molar-refractivity contribution in [3.8, 4) is 0 Å². The van der Waals surface area contributed by atoms with Gasteiger partial charge in [-0.3, -0.25) is 0 Å². The van der Waals surface area contributed by atoms with Crippen LogP contribution in [-0.4, -0.2) is 43.0 Å². The van der Waals surface area contributed by atoms with E-state index in [-0.39, 0.29) is 10.5 Å². The highest BCUT2D eigenvalue weighted by atomic mass is 32.2. The number of piperidine rings is 1. The summed E-state index contributed by atoms with van der Waals surface area (Å²) in [5, 5.41) is 18.3. The summed E-state index contributed by atoms with van der Waals surface area (Å²) in [6.45, 7) is 4.43. The lowest BCUT2D eigenvalue weighted by Crippen LogP contribution is -2.39. The minimum absolute atomic E-state index is 0.0680. The highest BCUT2D eigenvalue weighted by molar-refractivity contribution is 7.89. The third-order valence-corrected chi connectivity index (χ3v) is 5.97. The lowest BCUT2D eigenvalue weighted by Gasteiger charge is -2.30. The van der Waals surface area contributed by atoms with Crippen LogP contribution in [-0.2, 0) is 10.0 Å². The zero-order chi connectivity index (χ0) is 15.8. The number of hydrogen-bond donors (Lipinski definition) is 2. The molecule has 1 saturated heterocycles. The van der Waals surface area contributed by atoms with Crippen LogP contribution in [0.15, 0.2) is 17.0 Å². The van der Waals surface area contributed by atoms with Gasteiger partial charge in [0.1, 0.15) is 5.82 Å². The molecule has 1 aromatic rings. The molecule has 0 amide bonds. The van der Waals surface area contributed by atoms with Crippen molar-refractivity contribution in [2.75, 3.05) is 13.1 Å². The van der Waals surface area contributed by atoms with E-state index in [1.54, 1.807) is 0 Å². The molecule has 8 heteroatoms.